The molecule has 1 unspecified atom stereocenters. The maximum absolute atomic E-state index is 7.36. The second-order valence-corrected chi connectivity index (χ2v) is 20.8. The van der Waals surface area contributed by atoms with Crippen LogP contribution < -0.4 is 5.19 Å². The zero-order chi connectivity index (χ0) is 20.9. The minimum absolute atomic E-state index is 0.0650. The van der Waals surface area contributed by atoms with Gasteiger partial charge in [-0.15, -0.1) is 0 Å². The Hall–Kier alpha value is -0.0325. The van der Waals surface area contributed by atoms with Gasteiger partial charge in [0.1, 0.15) is 0 Å². The molecular weight excluding hydrogens is 401 g/mol. The van der Waals surface area contributed by atoms with Crippen LogP contribution in [0.2, 0.25) is 39.3 Å². The zero-order valence-corrected chi connectivity index (χ0v) is 23.7. The van der Waals surface area contributed by atoms with E-state index in [2.05, 4.69) is 97.3 Å². The third-order valence-electron chi connectivity index (χ3n) is 5.47. The van der Waals surface area contributed by atoms with E-state index in [-0.39, 0.29) is 5.22 Å². The molecule has 0 aliphatic heterocycles. The van der Waals surface area contributed by atoms with Crippen LogP contribution in [0.5, 0.6) is 0 Å². The van der Waals surface area contributed by atoms with Crippen molar-refractivity contribution < 1.29 is 13.0 Å². The van der Waals surface area contributed by atoms with Crippen molar-refractivity contribution in [1.82, 2.24) is 0 Å². The first kappa shape index (κ1) is 25.0. The molecule has 0 spiro atoms. The second-order valence-electron chi connectivity index (χ2n) is 8.85. The van der Waals surface area contributed by atoms with Crippen LogP contribution in [0.3, 0.4) is 0 Å². The molecule has 27 heavy (non-hydrogen) atoms. The van der Waals surface area contributed by atoms with Crippen molar-refractivity contribution in [2.75, 3.05) is 0 Å². The van der Waals surface area contributed by atoms with Crippen molar-refractivity contribution in [3.63, 3.8) is 0 Å². The summed E-state index contributed by atoms with van der Waals surface area (Å²) >= 11 is 0. The molecule has 0 heterocycles. The van der Waals surface area contributed by atoms with Crippen LogP contribution in [0.25, 0.3) is 0 Å². The fourth-order valence-electron chi connectivity index (χ4n) is 4.03. The van der Waals surface area contributed by atoms with Crippen molar-refractivity contribution in [2.24, 2.45) is 0 Å². The summed E-state index contributed by atoms with van der Waals surface area (Å²) in [5.74, 6) is 0. The Bertz CT molecular complexity index is 560. The second kappa shape index (κ2) is 10.1. The highest BCUT2D eigenvalue weighted by Crippen LogP contribution is 2.36. The molecular formula is C20H42O3Si4. The highest BCUT2D eigenvalue weighted by molar-refractivity contribution is 6.88. The van der Waals surface area contributed by atoms with Crippen LogP contribution in [0.1, 0.15) is 40.5 Å². The minimum atomic E-state index is -2.86. The van der Waals surface area contributed by atoms with E-state index >= 15 is 0 Å². The fraction of sp³-hybridized carbons (Fsp3) is 0.700. The molecule has 1 rings (SSSR count). The van der Waals surface area contributed by atoms with Crippen LogP contribution in [-0.2, 0) is 13.0 Å². The third-order valence-corrected chi connectivity index (χ3v) is 16.7. The van der Waals surface area contributed by atoms with Crippen molar-refractivity contribution in [3.05, 3.63) is 30.3 Å². The molecule has 0 saturated heterocycles. The lowest BCUT2D eigenvalue weighted by molar-refractivity contribution is 0.0513. The van der Waals surface area contributed by atoms with E-state index in [4.69, 9.17) is 13.0 Å². The normalized spacial score (nSPS) is 15.6. The Morgan fingerprint density at radius 2 is 1.37 bits per heavy atom. The van der Waals surface area contributed by atoms with E-state index in [1.54, 1.807) is 0 Å². The number of benzene rings is 1. The van der Waals surface area contributed by atoms with Gasteiger partial charge in [0.05, 0.1) is 14.0 Å². The van der Waals surface area contributed by atoms with E-state index in [0.29, 0.717) is 0 Å². The van der Waals surface area contributed by atoms with Gasteiger partial charge >= 0.3 is 8.56 Å². The molecule has 7 heteroatoms. The van der Waals surface area contributed by atoms with Crippen LogP contribution in [0.15, 0.2) is 30.3 Å². The van der Waals surface area contributed by atoms with E-state index < -0.39 is 40.7 Å². The molecule has 1 aromatic carbocycles. The predicted molar refractivity (Wildman–Crippen MR) is 129 cm³/mol. The molecule has 0 bridgehead atoms. The van der Waals surface area contributed by atoms with Gasteiger partial charge in [-0.05, 0) is 58.1 Å². The minimum Gasteiger partial charge on any atom is -0.434 e. The van der Waals surface area contributed by atoms with Gasteiger partial charge in [-0.25, -0.2) is 0 Å². The zero-order valence-electron chi connectivity index (χ0n) is 19.3. The van der Waals surface area contributed by atoms with E-state index in [1.165, 1.54) is 5.19 Å². The van der Waals surface area contributed by atoms with Crippen molar-refractivity contribution in [2.45, 2.75) is 90.3 Å². The van der Waals surface area contributed by atoms with Gasteiger partial charge in [0.25, 0.3) is 0 Å². The fourth-order valence-corrected chi connectivity index (χ4v) is 16.7. The summed E-state index contributed by atoms with van der Waals surface area (Å²) in [6.45, 7) is 22.8. The van der Waals surface area contributed by atoms with Crippen molar-refractivity contribution in [3.8, 4) is 0 Å². The highest BCUT2D eigenvalue weighted by atomic mass is 28.4. The van der Waals surface area contributed by atoms with Crippen LogP contribution in [0, 0.1) is 0 Å². The summed E-state index contributed by atoms with van der Waals surface area (Å²) in [5, 5.41) is 0.724. The Morgan fingerprint density at radius 3 is 1.74 bits per heavy atom. The lowest BCUT2D eigenvalue weighted by Gasteiger charge is -2.51. The van der Waals surface area contributed by atoms with Gasteiger partial charge in [0, 0.05) is 5.22 Å². The first-order chi connectivity index (χ1) is 12.5. The molecule has 0 fully saturated rings. The average molecular weight is 443 g/mol. The molecule has 0 amide bonds. The number of hydrogen-bond acceptors (Lipinski definition) is 3. The summed E-state index contributed by atoms with van der Waals surface area (Å²) in [5.41, 5.74) is 0. The average Bonchev–Trinajstić information content (AvgIpc) is 2.57. The predicted octanol–water partition coefficient (Wildman–Crippen LogP) is 4.25. The first-order valence-corrected chi connectivity index (χ1v) is 20.8. The molecule has 0 aliphatic rings. The number of hydrogen-bond donors (Lipinski definition) is 0. The molecule has 1 atom stereocenters. The summed E-state index contributed by atoms with van der Waals surface area (Å²) < 4.78 is 21.0. The maximum Gasteiger partial charge on any atom is 0.393 e. The summed E-state index contributed by atoms with van der Waals surface area (Å²) in [7, 11) is -6.59. The maximum atomic E-state index is 7.36. The van der Waals surface area contributed by atoms with Gasteiger partial charge in [0.2, 0.25) is 0 Å². The Morgan fingerprint density at radius 1 is 0.852 bits per heavy atom. The Labute approximate surface area is 174 Å². The topological polar surface area (TPSA) is 27.7 Å². The summed E-state index contributed by atoms with van der Waals surface area (Å²) in [4.78, 5) is 0. The quantitative estimate of drug-likeness (QED) is 0.479. The molecule has 3 nitrogen and oxygen atoms in total. The van der Waals surface area contributed by atoms with Crippen LogP contribution in [0.4, 0.5) is 0 Å². The lowest BCUT2D eigenvalue weighted by atomic mass is 10.2. The number of rotatable bonds is 11. The SMILES string of the molecule is CCC(CC)(O[Si](O[SiH](C)C)(c1ccccc1)C(C)(C)O[SiH](C)C)[SiH](C)C. The summed E-state index contributed by atoms with van der Waals surface area (Å²) in [6, 6.07) is 10.7. The van der Waals surface area contributed by atoms with Crippen LogP contribution >= 0.6 is 0 Å². The van der Waals surface area contributed by atoms with Gasteiger partial charge in [-0.3, -0.25) is 0 Å². The molecule has 0 radical (unpaired) electrons. The van der Waals surface area contributed by atoms with Gasteiger partial charge in [-0.1, -0.05) is 57.3 Å². The monoisotopic (exact) mass is 442 g/mol. The van der Waals surface area contributed by atoms with E-state index in [0.717, 1.165) is 12.8 Å². The van der Waals surface area contributed by atoms with Gasteiger partial charge < -0.3 is 13.0 Å². The first-order valence-electron chi connectivity index (χ1n) is 10.6. The largest absolute Gasteiger partial charge is 0.434 e. The molecule has 0 aliphatic carbocycles. The smallest absolute Gasteiger partial charge is 0.393 e. The lowest BCUT2D eigenvalue weighted by Crippen LogP contribution is -2.74. The summed E-state index contributed by atoms with van der Waals surface area (Å²) in [6.07, 6.45) is 2.07. The Balaban J connectivity index is 3.70. The van der Waals surface area contributed by atoms with Crippen molar-refractivity contribution in [1.29, 1.82) is 0 Å². The van der Waals surface area contributed by atoms with Crippen molar-refractivity contribution >= 4 is 40.6 Å². The molecule has 0 aromatic heterocycles. The van der Waals surface area contributed by atoms with Gasteiger partial charge in [-0.2, -0.15) is 0 Å². The molecule has 1 aromatic rings. The highest BCUT2D eigenvalue weighted by Gasteiger charge is 2.59. The molecule has 0 N–H and O–H groups in total. The third kappa shape index (κ3) is 5.74. The van der Waals surface area contributed by atoms with Gasteiger partial charge in [0.15, 0.2) is 18.1 Å². The standard InChI is InChI=1S/C20H42O3Si4/c1-11-20(12-2,24(5)6)22-27(23-26(9)10,18-16-14-13-15-17-18)19(3,4)21-25(7)8/h13-17,24-26H,11-12H2,1-10H3. The molecule has 156 valence electrons. The van der Waals surface area contributed by atoms with E-state index in [9.17, 15) is 0 Å². The van der Waals surface area contributed by atoms with Crippen LogP contribution in [-0.4, -0.2) is 45.9 Å². The Kier molecular flexibility index (Phi) is 9.38. The van der Waals surface area contributed by atoms with E-state index in [1.807, 2.05) is 0 Å². The molecule has 0 saturated carbocycles.